The molecule has 0 N–H and O–H groups in total. The monoisotopic (exact) mass is 262 g/mol. The zero-order valence-corrected chi connectivity index (χ0v) is 11.6. The first-order chi connectivity index (χ1) is 8.24. The minimum absolute atomic E-state index is 0.222. The average Bonchev–Trinajstić information content (AvgIpc) is 2.34. The van der Waals surface area contributed by atoms with Crippen LogP contribution in [0.5, 0.6) is 0 Å². The SMILES string of the molecule is CCCCOC(=O)C/C=C(\CCl)OCCCC. The van der Waals surface area contributed by atoms with E-state index in [2.05, 4.69) is 13.8 Å². The van der Waals surface area contributed by atoms with Crippen LogP contribution in [0.4, 0.5) is 0 Å². The molecule has 0 atom stereocenters. The van der Waals surface area contributed by atoms with Gasteiger partial charge in [0.25, 0.3) is 0 Å². The molecule has 17 heavy (non-hydrogen) atoms. The van der Waals surface area contributed by atoms with Crippen molar-refractivity contribution in [2.75, 3.05) is 19.1 Å². The van der Waals surface area contributed by atoms with Crippen molar-refractivity contribution in [2.45, 2.75) is 46.0 Å². The molecule has 0 rings (SSSR count). The van der Waals surface area contributed by atoms with Crippen LogP contribution in [0.1, 0.15) is 46.0 Å². The fourth-order valence-corrected chi connectivity index (χ4v) is 1.27. The van der Waals surface area contributed by atoms with Crippen LogP contribution in [0.3, 0.4) is 0 Å². The van der Waals surface area contributed by atoms with Gasteiger partial charge in [-0.15, -0.1) is 11.6 Å². The Kier molecular flexibility index (Phi) is 11.3. The van der Waals surface area contributed by atoms with Crippen molar-refractivity contribution in [3.8, 4) is 0 Å². The van der Waals surface area contributed by atoms with E-state index in [-0.39, 0.29) is 12.4 Å². The van der Waals surface area contributed by atoms with Gasteiger partial charge in [0, 0.05) is 0 Å². The minimum atomic E-state index is -0.222. The van der Waals surface area contributed by atoms with Crippen molar-refractivity contribution < 1.29 is 14.3 Å². The van der Waals surface area contributed by atoms with Gasteiger partial charge < -0.3 is 9.47 Å². The van der Waals surface area contributed by atoms with Gasteiger partial charge in [0.2, 0.25) is 0 Å². The molecule has 3 nitrogen and oxygen atoms in total. The molecule has 0 fully saturated rings. The molecule has 0 aliphatic carbocycles. The van der Waals surface area contributed by atoms with Gasteiger partial charge in [-0.1, -0.05) is 26.7 Å². The van der Waals surface area contributed by atoms with Gasteiger partial charge in [0.1, 0.15) is 5.76 Å². The van der Waals surface area contributed by atoms with Crippen molar-refractivity contribution in [1.29, 1.82) is 0 Å². The van der Waals surface area contributed by atoms with E-state index in [0.717, 1.165) is 25.7 Å². The molecule has 0 saturated heterocycles. The maximum Gasteiger partial charge on any atom is 0.309 e. The third-order valence-electron chi connectivity index (χ3n) is 2.17. The highest BCUT2D eigenvalue weighted by atomic mass is 35.5. The molecule has 0 aromatic carbocycles. The molecule has 0 aromatic heterocycles. The molecule has 0 bridgehead atoms. The Morgan fingerprint density at radius 2 is 1.71 bits per heavy atom. The number of allylic oxidation sites excluding steroid dienone is 1. The molecule has 0 spiro atoms. The molecule has 0 aliphatic heterocycles. The molecule has 0 heterocycles. The third kappa shape index (κ3) is 10.2. The second-order valence-corrected chi connectivity index (χ2v) is 4.05. The van der Waals surface area contributed by atoms with Gasteiger partial charge in [-0.3, -0.25) is 4.79 Å². The van der Waals surface area contributed by atoms with Crippen LogP contribution in [0, 0.1) is 0 Å². The lowest BCUT2D eigenvalue weighted by atomic mass is 10.3. The van der Waals surface area contributed by atoms with Gasteiger partial charge in [0.05, 0.1) is 25.5 Å². The maximum atomic E-state index is 11.3. The summed E-state index contributed by atoms with van der Waals surface area (Å²) in [6.45, 7) is 5.30. The molecule has 0 aliphatic rings. The molecule has 0 radical (unpaired) electrons. The Morgan fingerprint density at radius 3 is 2.24 bits per heavy atom. The van der Waals surface area contributed by atoms with Crippen molar-refractivity contribution in [2.24, 2.45) is 0 Å². The van der Waals surface area contributed by atoms with Crippen molar-refractivity contribution >= 4 is 17.6 Å². The highest BCUT2D eigenvalue weighted by Crippen LogP contribution is 2.05. The van der Waals surface area contributed by atoms with E-state index in [9.17, 15) is 4.79 Å². The summed E-state index contributed by atoms with van der Waals surface area (Å²) in [5, 5.41) is 0. The molecular weight excluding hydrogens is 240 g/mol. The summed E-state index contributed by atoms with van der Waals surface area (Å²) in [7, 11) is 0. The van der Waals surface area contributed by atoms with E-state index in [0.29, 0.717) is 24.9 Å². The summed E-state index contributed by atoms with van der Waals surface area (Å²) in [5.74, 6) is 0.735. The normalized spacial score (nSPS) is 11.4. The molecule has 0 aromatic rings. The lowest BCUT2D eigenvalue weighted by Gasteiger charge is -2.07. The number of carbonyl (C=O) groups excluding carboxylic acids is 1. The highest BCUT2D eigenvalue weighted by Gasteiger charge is 2.02. The van der Waals surface area contributed by atoms with Crippen molar-refractivity contribution in [3.63, 3.8) is 0 Å². The number of unbranched alkanes of at least 4 members (excludes halogenated alkanes) is 2. The maximum absolute atomic E-state index is 11.3. The van der Waals surface area contributed by atoms with Crippen LogP contribution >= 0.6 is 11.6 Å². The number of hydrogen-bond donors (Lipinski definition) is 0. The lowest BCUT2D eigenvalue weighted by molar-refractivity contribution is -0.142. The van der Waals surface area contributed by atoms with Crippen LogP contribution in [0.2, 0.25) is 0 Å². The smallest absolute Gasteiger partial charge is 0.309 e. The summed E-state index contributed by atoms with van der Waals surface area (Å²) in [6, 6.07) is 0. The van der Waals surface area contributed by atoms with Crippen LogP contribution in [-0.4, -0.2) is 25.1 Å². The Labute approximate surface area is 109 Å². The standard InChI is InChI=1S/C13H23ClO3/c1-3-5-9-16-12(11-14)7-8-13(15)17-10-6-4-2/h7H,3-6,8-11H2,1-2H3/b12-7+. The Hall–Kier alpha value is -0.700. The van der Waals surface area contributed by atoms with Crippen LogP contribution in [0.25, 0.3) is 0 Å². The second kappa shape index (κ2) is 11.8. The largest absolute Gasteiger partial charge is 0.497 e. The summed E-state index contributed by atoms with van der Waals surface area (Å²) < 4.78 is 10.4. The minimum Gasteiger partial charge on any atom is -0.497 e. The zero-order valence-electron chi connectivity index (χ0n) is 10.8. The predicted octanol–water partition coefficient (Wildman–Crippen LogP) is 3.66. The quantitative estimate of drug-likeness (QED) is 0.261. The number of carbonyl (C=O) groups is 1. The highest BCUT2D eigenvalue weighted by molar-refractivity contribution is 6.19. The number of esters is 1. The van der Waals surface area contributed by atoms with Gasteiger partial charge in [-0.2, -0.15) is 0 Å². The van der Waals surface area contributed by atoms with Crippen LogP contribution in [-0.2, 0) is 14.3 Å². The fraction of sp³-hybridized carbons (Fsp3) is 0.769. The van der Waals surface area contributed by atoms with Crippen molar-refractivity contribution in [1.82, 2.24) is 0 Å². The summed E-state index contributed by atoms with van der Waals surface area (Å²) >= 11 is 5.71. The Bertz CT molecular complexity index is 227. The number of rotatable bonds is 10. The molecule has 100 valence electrons. The Balaban J connectivity index is 3.79. The first-order valence-corrected chi connectivity index (χ1v) is 6.81. The third-order valence-corrected chi connectivity index (χ3v) is 2.44. The van der Waals surface area contributed by atoms with E-state index in [4.69, 9.17) is 21.1 Å². The summed E-state index contributed by atoms with van der Waals surface area (Å²) in [6.07, 6.45) is 5.94. The van der Waals surface area contributed by atoms with E-state index >= 15 is 0 Å². The molecule has 4 heteroatoms. The van der Waals surface area contributed by atoms with Gasteiger partial charge >= 0.3 is 5.97 Å². The Morgan fingerprint density at radius 1 is 1.12 bits per heavy atom. The van der Waals surface area contributed by atoms with Crippen molar-refractivity contribution in [3.05, 3.63) is 11.8 Å². The summed E-state index contributed by atoms with van der Waals surface area (Å²) in [5.41, 5.74) is 0. The number of alkyl halides is 1. The summed E-state index contributed by atoms with van der Waals surface area (Å²) in [4.78, 5) is 11.3. The first kappa shape index (κ1) is 16.3. The second-order valence-electron chi connectivity index (χ2n) is 3.78. The molecular formula is C13H23ClO3. The number of halogens is 1. The van der Waals surface area contributed by atoms with Gasteiger partial charge in [0.15, 0.2) is 0 Å². The topological polar surface area (TPSA) is 35.5 Å². The van der Waals surface area contributed by atoms with E-state index in [1.54, 1.807) is 6.08 Å². The lowest BCUT2D eigenvalue weighted by Crippen LogP contribution is -2.05. The van der Waals surface area contributed by atoms with Crippen LogP contribution in [0.15, 0.2) is 11.8 Å². The average molecular weight is 263 g/mol. The molecule has 0 saturated carbocycles. The number of ether oxygens (including phenoxy) is 2. The fourth-order valence-electron chi connectivity index (χ4n) is 1.09. The first-order valence-electron chi connectivity index (χ1n) is 6.28. The zero-order chi connectivity index (χ0) is 12.9. The number of hydrogen-bond acceptors (Lipinski definition) is 3. The molecule has 0 unspecified atom stereocenters. The van der Waals surface area contributed by atoms with Gasteiger partial charge in [-0.25, -0.2) is 0 Å². The van der Waals surface area contributed by atoms with E-state index in [1.165, 1.54) is 0 Å². The molecule has 0 amide bonds. The van der Waals surface area contributed by atoms with E-state index < -0.39 is 0 Å². The van der Waals surface area contributed by atoms with Gasteiger partial charge in [-0.05, 0) is 18.9 Å². The predicted molar refractivity (Wildman–Crippen MR) is 70.1 cm³/mol. The van der Waals surface area contributed by atoms with E-state index in [1.807, 2.05) is 0 Å². The van der Waals surface area contributed by atoms with Crippen LogP contribution < -0.4 is 0 Å².